The average molecular weight is 285 g/mol. The molecule has 96 valence electrons. The van der Waals surface area contributed by atoms with Gasteiger partial charge in [-0.1, -0.05) is 35.9 Å². The highest BCUT2D eigenvalue weighted by Crippen LogP contribution is 2.36. The first-order chi connectivity index (χ1) is 8.74. The monoisotopic (exact) mass is 284 g/mol. The summed E-state index contributed by atoms with van der Waals surface area (Å²) in [6, 6.07) is 5.10. The van der Waals surface area contributed by atoms with Gasteiger partial charge in [-0.2, -0.15) is 0 Å². The van der Waals surface area contributed by atoms with Crippen molar-refractivity contribution < 1.29 is 4.39 Å². The molecule has 0 spiro atoms. The van der Waals surface area contributed by atoms with E-state index in [1.165, 1.54) is 18.9 Å². The van der Waals surface area contributed by atoms with Crippen molar-refractivity contribution in [3.63, 3.8) is 0 Å². The van der Waals surface area contributed by atoms with Gasteiger partial charge in [0.25, 0.3) is 0 Å². The predicted molar refractivity (Wildman–Crippen MR) is 76.1 cm³/mol. The van der Waals surface area contributed by atoms with E-state index < -0.39 is 0 Å². The van der Waals surface area contributed by atoms with Crippen molar-refractivity contribution >= 4 is 34.2 Å². The van der Waals surface area contributed by atoms with Crippen LogP contribution in [0.1, 0.15) is 19.3 Å². The SMILES string of the molecule is Fc1cccc(Cl)c1NC1=NC2CCCC2CS1. The molecule has 0 amide bonds. The Morgan fingerprint density at radius 2 is 2.28 bits per heavy atom. The highest BCUT2D eigenvalue weighted by Gasteiger charge is 2.31. The number of aliphatic imine (C=N–C) groups is 1. The predicted octanol–water partition coefficient (Wildman–Crippen LogP) is 4.16. The minimum Gasteiger partial charge on any atom is -0.331 e. The van der Waals surface area contributed by atoms with Gasteiger partial charge in [0.15, 0.2) is 5.17 Å². The van der Waals surface area contributed by atoms with E-state index in [0.717, 1.165) is 17.3 Å². The van der Waals surface area contributed by atoms with Crippen LogP contribution in [-0.4, -0.2) is 17.0 Å². The number of nitrogens with zero attached hydrogens (tertiary/aromatic N) is 1. The second-order valence-corrected chi connectivity index (χ2v) is 6.14. The van der Waals surface area contributed by atoms with Crippen molar-refractivity contribution in [2.45, 2.75) is 25.3 Å². The molecule has 5 heteroatoms. The maximum absolute atomic E-state index is 13.7. The lowest BCUT2D eigenvalue weighted by atomic mass is 10.1. The van der Waals surface area contributed by atoms with Gasteiger partial charge >= 0.3 is 0 Å². The fourth-order valence-corrected chi connectivity index (χ4v) is 3.90. The zero-order chi connectivity index (χ0) is 12.5. The van der Waals surface area contributed by atoms with Gasteiger partial charge < -0.3 is 5.32 Å². The van der Waals surface area contributed by atoms with E-state index in [2.05, 4.69) is 10.3 Å². The average Bonchev–Trinajstić information content (AvgIpc) is 2.81. The first-order valence-corrected chi connectivity index (χ1v) is 7.52. The molecule has 1 aromatic carbocycles. The van der Waals surface area contributed by atoms with E-state index in [1.54, 1.807) is 23.9 Å². The fourth-order valence-electron chi connectivity index (χ4n) is 2.55. The lowest BCUT2D eigenvalue weighted by Gasteiger charge is -2.23. The van der Waals surface area contributed by atoms with Crippen molar-refractivity contribution in [2.75, 3.05) is 11.1 Å². The van der Waals surface area contributed by atoms with E-state index in [-0.39, 0.29) is 5.82 Å². The van der Waals surface area contributed by atoms with Gasteiger partial charge in [-0.3, -0.25) is 4.99 Å². The number of anilines is 1. The molecular weight excluding hydrogens is 271 g/mol. The van der Waals surface area contributed by atoms with Crippen LogP contribution in [0, 0.1) is 11.7 Å². The third-order valence-electron chi connectivity index (χ3n) is 3.53. The summed E-state index contributed by atoms with van der Waals surface area (Å²) in [5.41, 5.74) is 0.335. The number of nitrogens with one attached hydrogen (secondary N) is 1. The molecule has 2 atom stereocenters. The summed E-state index contributed by atoms with van der Waals surface area (Å²) in [7, 11) is 0. The van der Waals surface area contributed by atoms with Crippen molar-refractivity contribution in [3.8, 4) is 0 Å². The molecule has 1 fully saturated rings. The largest absolute Gasteiger partial charge is 0.331 e. The molecule has 1 saturated carbocycles. The standard InChI is InChI=1S/C13H14ClFN2S/c14-9-4-2-5-10(15)12(9)17-13-16-11-6-1-3-8(11)7-18-13/h2,4-5,8,11H,1,3,6-7H2,(H,16,17). The maximum atomic E-state index is 13.7. The Labute approximate surface area is 115 Å². The summed E-state index contributed by atoms with van der Waals surface area (Å²) < 4.78 is 13.7. The second-order valence-electron chi connectivity index (χ2n) is 4.73. The molecule has 0 bridgehead atoms. The molecule has 2 unspecified atom stereocenters. The first-order valence-electron chi connectivity index (χ1n) is 6.15. The number of thioether (sulfide) groups is 1. The number of benzene rings is 1. The Morgan fingerprint density at radius 1 is 1.39 bits per heavy atom. The van der Waals surface area contributed by atoms with Crippen LogP contribution < -0.4 is 5.32 Å². The van der Waals surface area contributed by atoms with Gasteiger partial charge in [0.1, 0.15) is 5.82 Å². The van der Waals surface area contributed by atoms with Crippen molar-refractivity contribution in [1.29, 1.82) is 0 Å². The minimum atomic E-state index is -0.334. The van der Waals surface area contributed by atoms with Crippen LogP contribution in [0.5, 0.6) is 0 Å². The van der Waals surface area contributed by atoms with Gasteiger partial charge in [0.05, 0.1) is 16.8 Å². The van der Waals surface area contributed by atoms with Crippen LogP contribution in [0.2, 0.25) is 5.02 Å². The molecule has 18 heavy (non-hydrogen) atoms. The Bertz CT molecular complexity index is 472. The summed E-state index contributed by atoms with van der Waals surface area (Å²) in [5.74, 6) is 1.44. The highest BCUT2D eigenvalue weighted by molar-refractivity contribution is 8.14. The first kappa shape index (κ1) is 12.3. The number of halogens is 2. The molecule has 2 nitrogen and oxygen atoms in total. The molecule has 0 radical (unpaired) electrons. The summed E-state index contributed by atoms with van der Waals surface area (Å²) >= 11 is 7.66. The third-order valence-corrected chi connectivity index (χ3v) is 4.92. The van der Waals surface area contributed by atoms with Crippen LogP contribution in [0.4, 0.5) is 10.1 Å². The molecule has 2 aliphatic rings. The summed E-state index contributed by atoms with van der Waals surface area (Å²) in [4.78, 5) is 4.66. The normalized spacial score (nSPS) is 26.7. The lowest BCUT2D eigenvalue weighted by Crippen LogP contribution is -2.25. The van der Waals surface area contributed by atoms with Crippen LogP contribution >= 0.6 is 23.4 Å². The van der Waals surface area contributed by atoms with Crippen LogP contribution in [0.15, 0.2) is 23.2 Å². The van der Waals surface area contributed by atoms with E-state index in [4.69, 9.17) is 11.6 Å². The van der Waals surface area contributed by atoms with Gasteiger partial charge in [0, 0.05) is 5.75 Å². The van der Waals surface area contributed by atoms with Crippen molar-refractivity contribution in [3.05, 3.63) is 29.0 Å². The molecule has 1 aromatic rings. The van der Waals surface area contributed by atoms with Gasteiger partial charge in [0.2, 0.25) is 0 Å². The number of amidine groups is 1. The Hall–Kier alpha value is -0.740. The Morgan fingerprint density at radius 3 is 3.11 bits per heavy atom. The summed E-state index contributed by atoms with van der Waals surface area (Å²) in [6.07, 6.45) is 3.68. The number of fused-ring (bicyclic) bond motifs is 1. The van der Waals surface area contributed by atoms with Gasteiger partial charge in [-0.05, 0) is 30.9 Å². The maximum Gasteiger partial charge on any atom is 0.161 e. The van der Waals surface area contributed by atoms with E-state index in [0.29, 0.717) is 22.7 Å². The van der Waals surface area contributed by atoms with E-state index in [9.17, 15) is 4.39 Å². The smallest absolute Gasteiger partial charge is 0.161 e. The molecule has 3 rings (SSSR count). The molecule has 1 aliphatic carbocycles. The lowest BCUT2D eigenvalue weighted by molar-refractivity contribution is 0.535. The zero-order valence-corrected chi connectivity index (χ0v) is 11.4. The Balaban J connectivity index is 1.80. The summed E-state index contributed by atoms with van der Waals surface area (Å²) in [5, 5.41) is 4.23. The molecule has 0 aromatic heterocycles. The van der Waals surface area contributed by atoms with Crippen molar-refractivity contribution in [1.82, 2.24) is 0 Å². The molecule has 1 N–H and O–H groups in total. The van der Waals surface area contributed by atoms with Crippen LogP contribution in [-0.2, 0) is 0 Å². The van der Waals surface area contributed by atoms with Crippen molar-refractivity contribution in [2.24, 2.45) is 10.9 Å². The van der Waals surface area contributed by atoms with E-state index in [1.807, 2.05) is 0 Å². The molecular formula is C13H14ClFN2S. The van der Waals surface area contributed by atoms with E-state index >= 15 is 0 Å². The van der Waals surface area contributed by atoms with Gasteiger partial charge in [-0.25, -0.2) is 4.39 Å². The highest BCUT2D eigenvalue weighted by atomic mass is 35.5. The summed E-state index contributed by atoms with van der Waals surface area (Å²) in [6.45, 7) is 0. The Kier molecular flexibility index (Phi) is 3.48. The van der Waals surface area contributed by atoms with Gasteiger partial charge in [-0.15, -0.1) is 0 Å². The van der Waals surface area contributed by atoms with Crippen LogP contribution in [0.3, 0.4) is 0 Å². The number of rotatable bonds is 1. The zero-order valence-electron chi connectivity index (χ0n) is 9.83. The number of para-hydroxylation sites is 1. The third kappa shape index (κ3) is 2.36. The molecule has 0 saturated heterocycles. The second kappa shape index (κ2) is 5.10. The number of hydrogen-bond acceptors (Lipinski definition) is 3. The van der Waals surface area contributed by atoms with Crippen LogP contribution in [0.25, 0.3) is 0 Å². The minimum absolute atomic E-state index is 0.334. The molecule has 1 heterocycles. The quantitative estimate of drug-likeness (QED) is 0.837. The topological polar surface area (TPSA) is 24.4 Å². The fraction of sp³-hybridized carbons (Fsp3) is 0.462. The number of hydrogen-bond donors (Lipinski definition) is 1. The molecule has 1 aliphatic heterocycles.